The molecule has 0 bridgehead atoms. The molecule has 5 heteroatoms. The van der Waals surface area contributed by atoms with Crippen LogP contribution < -0.4 is 5.32 Å². The quantitative estimate of drug-likeness (QED) is 0.589. The Morgan fingerprint density at radius 3 is 2.70 bits per heavy atom. The predicted octanol–water partition coefficient (Wildman–Crippen LogP) is 1.01. The molecular formula is C15H30N2O3. The molecule has 1 saturated heterocycles. The zero-order valence-corrected chi connectivity index (χ0v) is 12.9. The van der Waals surface area contributed by atoms with Crippen molar-refractivity contribution in [1.82, 2.24) is 10.2 Å². The minimum Gasteiger partial charge on any atom is -0.395 e. The van der Waals surface area contributed by atoms with Gasteiger partial charge in [0.05, 0.1) is 25.7 Å². The van der Waals surface area contributed by atoms with Gasteiger partial charge < -0.3 is 20.1 Å². The van der Waals surface area contributed by atoms with Gasteiger partial charge in [-0.1, -0.05) is 33.1 Å². The molecule has 2 unspecified atom stereocenters. The number of amides is 1. The van der Waals surface area contributed by atoms with Crippen LogP contribution in [0.5, 0.6) is 0 Å². The van der Waals surface area contributed by atoms with Crippen LogP contribution >= 0.6 is 0 Å². The summed E-state index contributed by atoms with van der Waals surface area (Å²) >= 11 is 0. The van der Waals surface area contributed by atoms with Crippen LogP contribution in [0.4, 0.5) is 0 Å². The van der Waals surface area contributed by atoms with E-state index in [1.54, 1.807) is 4.90 Å². The summed E-state index contributed by atoms with van der Waals surface area (Å²) in [5, 5.41) is 12.5. The van der Waals surface area contributed by atoms with Gasteiger partial charge in [0.1, 0.15) is 0 Å². The number of aliphatic hydroxyl groups excluding tert-OH is 1. The molecular weight excluding hydrogens is 256 g/mol. The number of nitrogens with one attached hydrogen (secondary N) is 1. The highest BCUT2D eigenvalue weighted by Gasteiger charge is 2.35. The number of carbonyl (C=O) groups excluding carboxylic acids is 1. The zero-order valence-electron chi connectivity index (χ0n) is 12.9. The Labute approximate surface area is 122 Å². The van der Waals surface area contributed by atoms with E-state index in [1.165, 1.54) is 12.8 Å². The van der Waals surface area contributed by atoms with Crippen molar-refractivity contribution >= 4 is 5.91 Å². The first kappa shape index (κ1) is 17.4. The van der Waals surface area contributed by atoms with Gasteiger partial charge in [-0.25, -0.2) is 0 Å². The molecule has 1 rings (SSSR count). The molecule has 0 aromatic rings. The number of hydrogen-bond acceptors (Lipinski definition) is 4. The van der Waals surface area contributed by atoms with E-state index in [-0.39, 0.29) is 24.5 Å². The van der Waals surface area contributed by atoms with Crippen LogP contribution in [-0.2, 0) is 9.53 Å². The third-order valence-corrected chi connectivity index (χ3v) is 3.83. The van der Waals surface area contributed by atoms with Gasteiger partial charge >= 0.3 is 0 Å². The van der Waals surface area contributed by atoms with Gasteiger partial charge in [-0.05, 0) is 13.0 Å². The van der Waals surface area contributed by atoms with Gasteiger partial charge in [0, 0.05) is 19.1 Å². The van der Waals surface area contributed by atoms with E-state index in [2.05, 4.69) is 12.2 Å². The highest BCUT2D eigenvalue weighted by atomic mass is 16.5. The second kappa shape index (κ2) is 10.1. The highest BCUT2D eigenvalue weighted by molar-refractivity contribution is 5.80. The summed E-state index contributed by atoms with van der Waals surface area (Å²) in [4.78, 5) is 14.4. The SMILES string of the molecule is CCCCCCN(CCO)C(=O)C1COCC1NCC. The minimum atomic E-state index is -0.104. The van der Waals surface area contributed by atoms with Crippen molar-refractivity contribution in [3.63, 3.8) is 0 Å². The number of rotatable bonds is 10. The third-order valence-electron chi connectivity index (χ3n) is 3.83. The van der Waals surface area contributed by atoms with Gasteiger partial charge in [-0.3, -0.25) is 4.79 Å². The van der Waals surface area contributed by atoms with Crippen molar-refractivity contribution in [2.45, 2.75) is 45.6 Å². The standard InChI is InChI=1S/C15H30N2O3/c1-3-5-6-7-8-17(9-10-18)15(19)13-11-20-12-14(13)16-4-2/h13-14,16,18H,3-12H2,1-2H3. The summed E-state index contributed by atoms with van der Waals surface area (Å²) in [6.07, 6.45) is 4.54. The normalized spacial score (nSPS) is 22.1. The fourth-order valence-electron chi connectivity index (χ4n) is 2.68. The number of hydrogen-bond donors (Lipinski definition) is 2. The van der Waals surface area contributed by atoms with E-state index < -0.39 is 0 Å². The van der Waals surface area contributed by atoms with Crippen molar-refractivity contribution in [2.75, 3.05) is 39.5 Å². The van der Waals surface area contributed by atoms with Crippen LogP contribution in [0.15, 0.2) is 0 Å². The largest absolute Gasteiger partial charge is 0.395 e. The maximum atomic E-state index is 12.6. The topological polar surface area (TPSA) is 61.8 Å². The summed E-state index contributed by atoms with van der Waals surface area (Å²) in [7, 11) is 0. The Morgan fingerprint density at radius 2 is 2.05 bits per heavy atom. The fraction of sp³-hybridized carbons (Fsp3) is 0.933. The monoisotopic (exact) mass is 286 g/mol. The summed E-state index contributed by atoms with van der Waals surface area (Å²) in [5.41, 5.74) is 0. The maximum absolute atomic E-state index is 12.6. The van der Waals surface area contributed by atoms with Gasteiger partial charge in [-0.15, -0.1) is 0 Å². The Bertz CT molecular complexity index is 274. The molecule has 2 N–H and O–H groups in total. The number of carbonyl (C=O) groups is 1. The molecule has 1 heterocycles. The van der Waals surface area contributed by atoms with Crippen LogP contribution in [0, 0.1) is 5.92 Å². The maximum Gasteiger partial charge on any atom is 0.229 e. The second-order valence-corrected chi connectivity index (χ2v) is 5.42. The van der Waals surface area contributed by atoms with Crippen LogP contribution in [0.2, 0.25) is 0 Å². The molecule has 2 atom stereocenters. The lowest BCUT2D eigenvalue weighted by Crippen LogP contribution is -2.46. The van der Waals surface area contributed by atoms with Gasteiger partial charge in [0.25, 0.3) is 0 Å². The molecule has 118 valence electrons. The average Bonchev–Trinajstić information content (AvgIpc) is 2.90. The first-order valence-electron chi connectivity index (χ1n) is 7.95. The highest BCUT2D eigenvalue weighted by Crippen LogP contribution is 2.17. The van der Waals surface area contributed by atoms with Crippen LogP contribution in [-0.4, -0.2) is 61.4 Å². The van der Waals surface area contributed by atoms with Gasteiger partial charge in [0.15, 0.2) is 0 Å². The molecule has 1 aliphatic heterocycles. The number of unbranched alkanes of at least 4 members (excludes halogenated alkanes) is 3. The lowest BCUT2D eigenvalue weighted by molar-refractivity contribution is -0.136. The van der Waals surface area contributed by atoms with Crippen molar-refractivity contribution in [1.29, 1.82) is 0 Å². The number of likely N-dealkylation sites (N-methyl/N-ethyl adjacent to an activating group) is 1. The zero-order chi connectivity index (χ0) is 14.8. The van der Waals surface area contributed by atoms with E-state index in [0.29, 0.717) is 19.8 Å². The van der Waals surface area contributed by atoms with E-state index in [4.69, 9.17) is 9.84 Å². The predicted molar refractivity (Wildman–Crippen MR) is 79.6 cm³/mol. The molecule has 1 amide bonds. The molecule has 0 spiro atoms. The Balaban J connectivity index is 2.49. The Hall–Kier alpha value is -0.650. The average molecular weight is 286 g/mol. The minimum absolute atomic E-state index is 0.0268. The van der Waals surface area contributed by atoms with Crippen LogP contribution in [0.25, 0.3) is 0 Å². The number of ether oxygens (including phenoxy) is 1. The van der Waals surface area contributed by atoms with Crippen molar-refractivity contribution < 1.29 is 14.6 Å². The van der Waals surface area contributed by atoms with Crippen molar-refractivity contribution in [2.24, 2.45) is 5.92 Å². The van der Waals surface area contributed by atoms with E-state index in [1.807, 2.05) is 6.92 Å². The molecule has 0 aliphatic carbocycles. The number of aliphatic hydroxyl groups is 1. The molecule has 1 fully saturated rings. The van der Waals surface area contributed by atoms with Gasteiger partial charge in [0.2, 0.25) is 5.91 Å². The molecule has 0 aromatic carbocycles. The fourth-order valence-corrected chi connectivity index (χ4v) is 2.68. The first-order valence-corrected chi connectivity index (χ1v) is 7.95. The van der Waals surface area contributed by atoms with Crippen molar-refractivity contribution in [3.8, 4) is 0 Å². The summed E-state index contributed by atoms with van der Waals surface area (Å²) in [6, 6.07) is 0.115. The Kier molecular flexibility index (Phi) is 8.82. The molecule has 0 radical (unpaired) electrons. The lowest BCUT2D eigenvalue weighted by Gasteiger charge is -2.27. The molecule has 0 saturated carbocycles. The van der Waals surface area contributed by atoms with Crippen molar-refractivity contribution in [3.05, 3.63) is 0 Å². The first-order chi connectivity index (χ1) is 9.74. The van der Waals surface area contributed by atoms with Crippen LogP contribution in [0.1, 0.15) is 39.5 Å². The molecule has 5 nitrogen and oxygen atoms in total. The number of nitrogens with zero attached hydrogens (tertiary/aromatic N) is 1. The summed E-state index contributed by atoms with van der Waals surface area (Å²) < 4.78 is 5.44. The smallest absolute Gasteiger partial charge is 0.229 e. The van der Waals surface area contributed by atoms with E-state index in [9.17, 15) is 4.79 Å². The Morgan fingerprint density at radius 1 is 1.25 bits per heavy atom. The van der Waals surface area contributed by atoms with Crippen LogP contribution in [0.3, 0.4) is 0 Å². The van der Waals surface area contributed by atoms with Gasteiger partial charge in [-0.2, -0.15) is 0 Å². The molecule has 0 aromatic heterocycles. The molecule has 1 aliphatic rings. The molecule has 20 heavy (non-hydrogen) atoms. The third kappa shape index (κ3) is 5.38. The summed E-state index contributed by atoms with van der Waals surface area (Å²) in [6.45, 7) is 7.35. The second-order valence-electron chi connectivity index (χ2n) is 5.42. The lowest BCUT2D eigenvalue weighted by atomic mass is 10.0. The van der Waals surface area contributed by atoms with E-state index >= 15 is 0 Å². The van der Waals surface area contributed by atoms with E-state index in [0.717, 1.165) is 25.9 Å². The summed E-state index contributed by atoms with van der Waals surface area (Å²) in [5.74, 6) is 0.0201.